The van der Waals surface area contributed by atoms with Gasteiger partial charge in [0.1, 0.15) is 0 Å². The lowest BCUT2D eigenvalue weighted by atomic mass is 10.1. The SMILES string of the molecule is O=C(O)CC[C@H]1COCCN1. The van der Waals surface area contributed by atoms with Crippen LogP contribution in [0.4, 0.5) is 0 Å². The largest absolute Gasteiger partial charge is 0.481 e. The van der Waals surface area contributed by atoms with Crippen molar-refractivity contribution in [1.82, 2.24) is 5.32 Å². The van der Waals surface area contributed by atoms with Gasteiger partial charge >= 0.3 is 5.97 Å². The summed E-state index contributed by atoms with van der Waals surface area (Å²) in [5, 5.41) is 11.6. The topological polar surface area (TPSA) is 58.6 Å². The van der Waals surface area contributed by atoms with E-state index in [-0.39, 0.29) is 12.5 Å². The van der Waals surface area contributed by atoms with Gasteiger partial charge < -0.3 is 15.2 Å². The second-order valence-corrected chi connectivity index (χ2v) is 2.66. The van der Waals surface area contributed by atoms with Crippen molar-refractivity contribution in [1.29, 1.82) is 0 Å². The van der Waals surface area contributed by atoms with Crippen LogP contribution in [0.2, 0.25) is 0 Å². The molecule has 11 heavy (non-hydrogen) atoms. The van der Waals surface area contributed by atoms with Gasteiger partial charge in [0.15, 0.2) is 0 Å². The number of hydrogen-bond acceptors (Lipinski definition) is 3. The number of carboxylic acids is 1. The predicted octanol–water partition coefficient (Wildman–Crippen LogP) is -0.160. The minimum Gasteiger partial charge on any atom is -0.481 e. The summed E-state index contributed by atoms with van der Waals surface area (Å²) in [4.78, 5) is 10.2. The van der Waals surface area contributed by atoms with E-state index in [0.29, 0.717) is 13.0 Å². The Hall–Kier alpha value is -0.610. The van der Waals surface area contributed by atoms with Gasteiger partial charge in [0.05, 0.1) is 13.2 Å². The van der Waals surface area contributed by atoms with Crippen LogP contribution in [-0.4, -0.2) is 36.9 Å². The third-order valence-electron chi connectivity index (χ3n) is 1.71. The summed E-state index contributed by atoms with van der Waals surface area (Å²) in [6.07, 6.45) is 0.885. The molecule has 0 aromatic rings. The van der Waals surface area contributed by atoms with Crippen LogP contribution in [0.1, 0.15) is 12.8 Å². The number of rotatable bonds is 3. The van der Waals surface area contributed by atoms with Crippen LogP contribution in [-0.2, 0) is 9.53 Å². The molecule has 0 spiro atoms. The fourth-order valence-electron chi connectivity index (χ4n) is 1.10. The number of ether oxygens (including phenoxy) is 1. The molecule has 64 valence electrons. The molecule has 1 aliphatic rings. The highest BCUT2D eigenvalue weighted by Gasteiger charge is 2.13. The molecule has 0 aromatic carbocycles. The predicted molar refractivity (Wildman–Crippen MR) is 39.5 cm³/mol. The first-order chi connectivity index (χ1) is 5.29. The normalized spacial score (nSPS) is 24.9. The van der Waals surface area contributed by atoms with Gasteiger partial charge in [0.25, 0.3) is 0 Å². The molecule has 1 heterocycles. The zero-order valence-electron chi connectivity index (χ0n) is 6.38. The molecule has 2 N–H and O–H groups in total. The summed E-state index contributed by atoms with van der Waals surface area (Å²) < 4.78 is 5.16. The van der Waals surface area contributed by atoms with Crippen molar-refractivity contribution < 1.29 is 14.6 Å². The lowest BCUT2D eigenvalue weighted by Crippen LogP contribution is -2.41. The van der Waals surface area contributed by atoms with Crippen molar-refractivity contribution in [2.45, 2.75) is 18.9 Å². The smallest absolute Gasteiger partial charge is 0.303 e. The van der Waals surface area contributed by atoms with E-state index < -0.39 is 5.97 Å². The van der Waals surface area contributed by atoms with Crippen LogP contribution in [0, 0.1) is 0 Å². The van der Waals surface area contributed by atoms with E-state index in [0.717, 1.165) is 13.2 Å². The quantitative estimate of drug-likeness (QED) is 0.600. The van der Waals surface area contributed by atoms with Crippen LogP contribution in [0.5, 0.6) is 0 Å². The third-order valence-corrected chi connectivity index (χ3v) is 1.71. The lowest BCUT2D eigenvalue weighted by Gasteiger charge is -2.22. The number of carboxylic acid groups (broad SMARTS) is 1. The Morgan fingerprint density at radius 3 is 3.09 bits per heavy atom. The Kier molecular flexibility index (Phi) is 3.32. The molecule has 0 radical (unpaired) electrons. The van der Waals surface area contributed by atoms with Gasteiger partial charge in [-0.2, -0.15) is 0 Å². The molecule has 4 nitrogen and oxygen atoms in total. The first-order valence-electron chi connectivity index (χ1n) is 3.82. The Morgan fingerprint density at radius 1 is 1.73 bits per heavy atom. The van der Waals surface area contributed by atoms with Gasteiger partial charge in [-0.05, 0) is 6.42 Å². The molecule has 1 fully saturated rings. The van der Waals surface area contributed by atoms with Crippen molar-refractivity contribution in [2.75, 3.05) is 19.8 Å². The maximum Gasteiger partial charge on any atom is 0.303 e. The lowest BCUT2D eigenvalue weighted by molar-refractivity contribution is -0.137. The van der Waals surface area contributed by atoms with E-state index in [4.69, 9.17) is 9.84 Å². The molecular formula is C7H13NO3. The molecule has 0 aliphatic carbocycles. The highest BCUT2D eigenvalue weighted by molar-refractivity contribution is 5.66. The van der Waals surface area contributed by atoms with Gasteiger partial charge in [-0.25, -0.2) is 0 Å². The van der Waals surface area contributed by atoms with E-state index in [1.807, 2.05) is 0 Å². The van der Waals surface area contributed by atoms with Crippen LogP contribution in [0.3, 0.4) is 0 Å². The van der Waals surface area contributed by atoms with Crippen LogP contribution < -0.4 is 5.32 Å². The van der Waals surface area contributed by atoms with Crippen molar-refractivity contribution in [3.8, 4) is 0 Å². The molecule has 0 saturated carbocycles. The van der Waals surface area contributed by atoms with E-state index in [2.05, 4.69) is 5.32 Å². The Balaban J connectivity index is 2.09. The third kappa shape index (κ3) is 3.34. The first-order valence-corrected chi connectivity index (χ1v) is 3.82. The minimum absolute atomic E-state index is 0.223. The summed E-state index contributed by atoms with van der Waals surface area (Å²) in [6.45, 7) is 2.22. The zero-order valence-corrected chi connectivity index (χ0v) is 6.38. The van der Waals surface area contributed by atoms with E-state index in [1.54, 1.807) is 0 Å². The molecule has 1 atom stereocenters. The summed E-state index contributed by atoms with van der Waals surface area (Å²) in [7, 11) is 0. The second kappa shape index (κ2) is 4.31. The van der Waals surface area contributed by atoms with Gasteiger partial charge in [-0.3, -0.25) is 4.79 Å². The molecule has 0 unspecified atom stereocenters. The summed E-state index contributed by atoms with van der Waals surface area (Å²) in [5.74, 6) is -0.739. The molecular weight excluding hydrogens is 146 g/mol. The molecule has 0 bridgehead atoms. The second-order valence-electron chi connectivity index (χ2n) is 2.66. The Labute approximate surface area is 65.5 Å². The van der Waals surface area contributed by atoms with Crippen molar-refractivity contribution in [3.05, 3.63) is 0 Å². The van der Waals surface area contributed by atoms with E-state index in [9.17, 15) is 4.79 Å². The van der Waals surface area contributed by atoms with Crippen LogP contribution >= 0.6 is 0 Å². The average Bonchev–Trinajstić information content (AvgIpc) is 2.03. The van der Waals surface area contributed by atoms with E-state index >= 15 is 0 Å². The average molecular weight is 159 g/mol. The number of aliphatic carboxylic acids is 1. The molecule has 4 heteroatoms. The van der Waals surface area contributed by atoms with Crippen molar-refractivity contribution in [3.63, 3.8) is 0 Å². The summed E-state index contributed by atoms with van der Waals surface area (Å²) in [5.41, 5.74) is 0. The number of morpholine rings is 1. The maximum absolute atomic E-state index is 10.2. The van der Waals surface area contributed by atoms with Gasteiger partial charge in [0, 0.05) is 19.0 Å². The number of hydrogen-bond donors (Lipinski definition) is 2. The molecule has 1 aliphatic heterocycles. The molecule has 1 rings (SSSR count). The summed E-state index contributed by atoms with van der Waals surface area (Å²) in [6, 6.07) is 0.236. The van der Waals surface area contributed by atoms with Gasteiger partial charge in [-0.1, -0.05) is 0 Å². The minimum atomic E-state index is -0.739. The molecule has 1 saturated heterocycles. The fraction of sp³-hybridized carbons (Fsp3) is 0.857. The number of nitrogens with one attached hydrogen (secondary N) is 1. The molecule has 0 aromatic heterocycles. The zero-order chi connectivity index (χ0) is 8.10. The van der Waals surface area contributed by atoms with Gasteiger partial charge in [-0.15, -0.1) is 0 Å². The highest BCUT2D eigenvalue weighted by Crippen LogP contribution is 2.01. The summed E-state index contributed by atoms with van der Waals surface area (Å²) >= 11 is 0. The van der Waals surface area contributed by atoms with Crippen molar-refractivity contribution in [2.24, 2.45) is 0 Å². The number of carbonyl (C=O) groups is 1. The Bertz CT molecular complexity index is 132. The highest BCUT2D eigenvalue weighted by atomic mass is 16.5. The first kappa shape index (κ1) is 8.49. The van der Waals surface area contributed by atoms with E-state index in [1.165, 1.54) is 0 Å². The Morgan fingerprint density at radius 2 is 2.55 bits per heavy atom. The monoisotopic (exact) mass is 159 g/mol. The van der Waals surface area contributed by atoms with Crippen LogP contribution in [0.15, 0.2) is 0 Å². The molecule has 0 amide bonds. The van der Waals surface area contributed by atoms with Crippen molar-refractivity contribution >= 4 is 5.97 Å². The fourth-order valence-corrected chi connectivity index (χ4v) is 1.10. The van der Waals surface area contributed by atoms with Crippen LogP contribution in [0.25, 0.3) is 0 Å². The maximum atomic E-state index is 10.2. The standard InChI is InChI=1S/C7H13NO3/c9-7(10)2-1-6-5-11-4-3-8-6/h6,8H,1-5H2,(H,9,10)/t6-/m0/s1. The van der Waals surface area contributed by atoms with Gasteiger partial charge in [0.2, 0.25) is 0 Å².